The summed E-state index contributed by atoms with van der Waals surface area (Å²) in [5, 5.41) is 13.6. The van der Waals surface area contributed by atoms with Crippen LogP contribution in [0.4, 0.5) is 0 Å². The predicted molar refractivity (Wildman–Crippen MR) is 221 cm³/mol. The summed E-state index contributed by atoms with van der Waals surface area (Å²) in [5.74, 6) is -0.219. The number of carbonyl (C=O) groups is 1. The summed E-state index contributed by atoms with van der Waals surface area (Å²) >= 11 is 0. The summed E-state index contributed by atoms with van der Waals surface area (Å²) in [4.78, 5) is 22.7. The van der Waals surface area contributed by atoms with Gasteiger partial charge in [0.2, 0.25) is 5.91 Å². The van der Waals surface area contributed by atoms with Crippen molar-refractivity contribution in [2.45, 2.75) is 199 Å². The fraction of sp³-hybridized carbons (Fsp3) is 0.791. The van der Waals surface area contributed by atoms with Gasteiger partial charge < -0.3 is 21.1 Å². The maximum Gasteiger partial charge on any atom is 0.472 e. The van der Waals surface area contributed by atoms with Gasteiger partial charge in [0.1, 0.15) is 0 Å². The van der Waals surface area contributed by atoms with Gasteiger partial charge in [-0.25, -0.2) is 4.57 Å². The molecule has 0 aliphatic carbocycles. The van der Waals surface area contributed by atoms with Crippen LogP contribution in [0.15, 0.2) is 48.6 Å². The second-order valence-corrected chi connectivity index (χ2v) is 15.6. The van der Waals surface area contributed by atoms with Gasteiger partial charge in [0.15, 0.2) is 0 Å². The van der Waals surface area contributed by atoms with Gasteiger partial charge in [-0.05, 0) is 64.2 Å². The van der Waals surface area contributed by atoms with Gasteiger partial charge in [-0.3, -0.25) is 13.8 Å². The lowest BCUT2D eigenvalue weighted by atomic mass is 10.1. The van der Waals surface area contributed by atoms with Crippen LogP contribution >= 0.6 is 7.82 Å². The summed E-state index contributed by atoms with van der Waals surface area (Å²) in [6, 6.07) is -0.884. The van der Waals surface area contributed by atoms with Crippen LogP contribution in [0.5, 0.6) is 0 Å². The van der Waals surface area contributed by atoms with Crippen molar-refractivity contribution < 1.29 is 28.4 Å². The SMILES string of the molecule is CCCCCC/C=C\C/C=C\CCCCCCCC(=O)NC(COP(=O)(O)OCCN)C(O)/C=C/CC/C=C/CCCCCCCCCCCCC. The molecule has 0 heterocycles. The maximum absolute atomic E-state index is 12.7. The topological polar surface area (TPSA) is 131 Å². The largest absolute Gasteiger partial charge is 0.472 e. The van der Waals surface area contributed by atoms with E-state index in [1.807, 2.05) is 6.08 Å². The third-order valence-corrected chi connectivity index (χ3v) is 10.1. The van der Waals surface area contributed by atoms with Crippen LogP contribution < -0.4 is 11.1 Å². The van der Waals surface area contributed by atoms with Crippen LogP contribution in [0.2, 0.25) is 0 Å². The molecule has 0 radical (unpaired) electrons. The van der Waals surface area contributed by atoms with Gasteiger partial charge in [0, 0.05) is 13.0 Å². The van der Waals surface area contributed by atoms with E-state index in [4.69, 9.17) is 14.8 Å². The average Bonchev–Trinajstić information content (AvgIpc) is 3.13. The normalized spacial score (nSPS) is 14.6. The molecular weight excluding hydrogens is 671 g/mol. The second kappa shape index (κ2) is 39.2. The first-order valence-corrected chi connectivity index (χ1v) is 22.8. The molecule has 52 heavy (non-hydrogen) atoms. The number of aliphatic hydroxyl groups is 1. The number of phosphoric acid groups is 1. The van der Waals surface area contributed by atoms with Crippen LogP contribution in [0.3, 0.4) is 0 Å². The molecule has 9 heteroatoms. The molecule has 0 aromatic rings. The van der Waals surface area contributed by atoms with Gasteiger partial charge in [-0.1, -0.05) is 165 Å². The third-order valence-electron chi connectivity index (χ3n) is 9.13. The van der Waals surface area contributed by atoms with Crippen molar-refractivity contribution in [2.24, 2.45) is 5.73 Å². The Morgan fingerprint density at radius 1 is 0.635 bits per heavy atom. The van der Waals surface area contributed by atoms with Gasteiger partial charge in [-0.2, -0.15) is 0 Å². The Morgan fingerprint density at radius 2 is 1.08 bits per heavy atom. The Morgan fingerprint density at radius 3 is 1.62 bits per heavy atom. The molecule has 5 N–H and O–H groups in total. The number of hydrogen-bond acceptors (Lipinski definition) is 6. The fourth-order valence-corrected chi connectivity index (χ4v) is 6.64. The minimum atomic E-state index is -4.35. The number of amides is 1. The zero-order chi connectivity index (χ0) is 38.2. The zero-order valence-corrected chi connectivity index (χ0v) is 34.4. The van der Waals surface area contributed by atoms with Crippen LogP contribution in [0.1, 0.15) is 187 Å². The van der Waals surface area contributed by atoms with Crippen molar-refractivity contribution in [2.75, 3.05) is 19.8 Å². The van der Waals surface area contributed by atoms with Gasteiger partial charge in [-0.15, -0.1) is 0 Å². The molecule has 0 aromatic heterocycles. The number of allylic oxidation sites excluding steroid dienone is 7. The summed E-state index contributed by atoms with van der Waals surface area (Å²) < 4.78 is 22.1. The second-order valence-electron chi connectivity index (χ2n) is 14.2. The third kappa shape index (κ3) is 36.8. The van der Waals surface area contributed by atoms with E-state index in [0.29, 0.717) is 6.42 Å². The van der Waals surface area contributed by atoms with Crippen molar-refractivity contribution in [1.82, 2.24) is 5.32 Å². The Balaban J connectivity index is 4.33. The highest BCUT2D eigenvalue weighted by atomic mass is 31.2. The van der Waals surface area contributed by atoms with E-state index in [1.54, 1.807) is 6.08 Å². The first kappa shape index (κ1) is 50.5. The zero-order valence-electron chi connectivity index (χ0n) is 33.5. The van der Waals surface area contributed by atoms with Crippen LogP contribution in [-0.4, -0.2) is 47.8 Å². The molecule has 0 aromatic carbocycles. The number of phosphoric ester groups is 1. The Hall–Kier alpha value is -1.54. The lowest BCUT2D eigenvalue weighted by Crippen LogP contribution is -2.45. The molecule has 8 nitrogen and oxygen atoms in total. The smallest absolute Gasteiger partial charge is 0.387 e. The molecule has 1 amide bonds. The van der Waals surface area contributed by atoms with E-state index >= 15 is 0 Å². The number of nitrogens with two attached hydrogens (primary N) is 1. The quantitative estimate of drug-likeness (QED) is 0.0279. The van der Waals surface area contributed by atoms with Gasteiger partial charge in [0.25, 0.3) is 0 Å². The molecule has 3 atom stereocenters. The molecular formula is C43H81N2O6P. The number of nitrogens with one attached hydrogen (secondary N) is 1. The summed E-state index contributed by atoms with van der Waals surface area (Å²) in [5.41, 5.74) is 5.36. The van der Waals surface area contributed by atoms with E-state index in [9.17, 15) is 19.4 Å². The number of aliphatic hydroxyl groups excluding tert-OH is 1. The minimum absolute atomic E-state index is 0.0702. The molecule has 0 aliphatic heterocycles. The molecule has 0 spiro atoms. The van der Waals surface area contributed by atoms with Crippen molar-refractivity contribution in [1.29, 1.82) is 0 Å². The number of hydrogen-bond donors (Lipinski definition) is 4. The Bertz CT molecular complexity index is 954. The van der Waals surface area contributed by atoms with E-state index in [2.05, 4.69) is 55.6 Å². The summed E-state index contributed by atoms with van der Waals surface area (Å²) in [7, 11) is -4.35. The van der Waals surface area contributed by atoms with E-state index in [0.717, 1.165) is 64.2 Å². The molecule has 0 aliphatic rings. The molecule has 0 rings (SSSR count). The minimum Gasteiger partial charge on any atom is -0.387 e. The summed E-state index contributed by atoms with van der Waals surface area (Å²) in [6.07, 6.45) is 47.3. The van der Waals surface area contributed by atoms with Crippen LogP contribution in [0, 0.1) is 0 Å². The molecule has 0 fully saturated rings. The highest BCUT2D eigenvalue weighted by molar-refractivity contribution is 7.47. The van der Waals surface area contributed by atoms with Crippen molar-refractivity contribution in [3.05, 3.63) is 48.6 Å². The Kier molecular flexibility index (Phi) is 38.0. The highest BCUT2D eigenvalue weighted by Crippen LogP contribution is 2.43. The first-order valence-electron chi connectivity index (χ1n) is 21.3. The lowest BCUT2D eigenvalue weighted by Gasteiger charge is -2.23. The monoisotopic (exact) mass is 753 g/mol. The number of rotatable bonds is 39. The average molecular weight is 753 g/mol. The van der Waals surface area contributed by atoms with Crippen molar-refractivity contribution in [3.8, 4) is 0 Å². The van der Waals surface area contributed by atoms with E-state index in [1.165, 1.54) is 103 Å². The first-order chi connectivity index (χ1) is 25.4. The lowest BCUT2D eigenvalue weighted by molar-refractivity contribution is -0.123. The standard InChI is InChI=1S/C43H81N2O6P/c1-3-5-7-9-11-13-15-17-19-21-22-24-26-28-30-32-34-36-42(46)41(40-51-52(48,49)50-39-38-44)45-43(47)37-35-33-31-29-27-25-23-20-18-16-14-12-10-8-6-4-2/h14,16,20,23,26,28,34,36,41-42,46H,3-13,15,17-19,21-22,24-25,27,29-33,35,37-40,44H2,1-2H3,(H,45,47)(H,48,49)/b16-14-,23-20-,28-26+,36-34+. The fourth-order valence-electron chi connectivity index (χ4n) is 5.88. The summed E-state index contributed by atoms with van der Waals surface area (Å²) in [6.45, 7) is 4.08. The highest BCUT2D eigenvalue weighted by Gasteiger charge is 2.26. The molecule has 3 unspecified atom stereocenters. The molecule has 304 valence electrons. The maximum atomic E-state index is 12.7. The predicted octanol–water partition coefficient (Wildman–Crippen LogP) is 11.7. The molecule has 0 saturated heterocycles. The van der Waals surface area contributed by atoms with Crippen molar-refractivity contribution >= 4 is 13.7 Å². The van der Waals surface area contributed by atoms with Crippen LogP contribution in [0.25, 0.3) is 0 Å². The van der Waals surface area contributed by atoms with Crippen molar-refractivity contribution in [3.63, 3.8) is 0 Å². The van der Waals surface area contributed by atoms with E-state index < -0.39 is 20.0 Å². The molecule has 0 saturated carbocycles. The molecule has 0 bridgehead atoms. The number of unbranched alkanes of at least 4 members (excludes halogenated alkanes) is 21. The van der Waals surface area contributed by atoms with Gasteiger partial charge >= 0.3 is 7.82 Å². The van der Waals surface area contributed by atoms with Crippen LogP contribution in [-0.2, 0) is 18.4 Å². The number of carbonyl (C=O) groups excluding carboxylic acids is 1. The van der Waals surface area contributed by atoms with E-state index in [-0.39, 0.29) is 25.7 Å². The Labute approximate surface area is 320 Å². The van der Waals surface area contributed by atoms with Gasteiger partial charge in [0.05, 0.1) is 25.4 Å².